The SMILES string of the molecule is O=C(Cn1nnc(-c2ccccc2)n1)N[C@H](c1ccc(F)cc1)c1cccs1. The van der Waals surface area contributed by atoms with Crippen LogP contribution in [0.25, 0.3) is 11.4 Å². The van der Waals surface area contributed by atoms with Crippen LogP contribution in [0.4, 0.5) is 4.39 Å². The standard InChI is InChI=1S/C20H16FN5OS/c21-16-10-8-14(9-11-16)19(17-7-4-12-28-17)22-18(27)13-26-24-20(23-25-26)15-5-2-1-3-6-15/h1-12,19H,13H2,(H,22,27)/t19-/m1/s1. The number of carbonyl (C=O) groups excluding carboxylic acids is 1. The molecule has 1 atom stereocenters. The van der Waals surface area contributed by atoms with Crippen molar-refractivity contribution in [2.75, 3.05) is 0 Å². The van der Waals surface area contributed by atoms with Gasteiger partial charge in [0.1, 0.15) is 12.4 Å². The maximum atomic E-state index is 13.3. The van der Waals surface area contributed by atoms with Gasteiger partial charge >= 0.3 is 0 Å². The minimum atomic E-state index is -0.370. The second kappa shape index (κ2) is 8.10. The maximum Gasteiger partial charge on any atom is 0.244 e. The Hall–Kier alpha value is -3.39. The summed E-state index contributed by atoms with van der Waals surface area (Å²) in [6, 6.07) is 19.0. The van der Waals surface area contributed by atoms with Gasteiger partial charge in [0, 0.05) is 10.4 Å². The first-order chi connectivity index (χ1) is 13.7. The molecular weight excluding hydrogens is 377 g/mol. The number of aromatic nitrogens is 4. The summed E-state index contributed by atoms with van der Waals surface area (Å²) in [6.07, 6.45) is 0. The largest absolute Gasteiger partial charge is 0.343 e. The van der Waals surface area contributed by atoms with E-state index in [2.05, 4.69) is 20.7 Å². The predicted molar refractivity (Wildman–Crippen MR) is 104 cm³/mol. The Morgan fingerprint density at radius 3 is 2.57 bits per heavy atom. The van der Waals surface area contributed by atoms with Gasteiger partial charge in [-0.2, -0.15) is 4.80 Å². The van der Waals surface area contributed by atoms with Crippen molar-refractivity contribution in [3.05, 3.63) is 88.4 Å². The van der Waals surface area contributed by atoms with E-state index in [1.54, 1.807) is 12.1 Å². The highest BCUT2D eigenvalue weighted by Crippen LogP contribution is 2.26. The third kappa shape index (κ3) is 4.12. The van der Waals surface area contributed by atoms with Crippen molar-refractivity contribution in [1.82, 2.24) is 25.5 Å². The van der Waals surface area contributed by atoms with Crippen LogP contribution in [0.2, 0.25) is 0 Å². The summed E-state index contributed by atoms with van der Waals surface area (Å²) in [6.45, 7) is -0.0666. The van der Waals surface area contributed by atoms with Crippen LogP contribution in [0.1, 0.15) is 16.5 Å². The van der Waals surface area contributed by atoms with Crippen molar-refractivity contribution in [3.8, 4) is 11.4 Å². The molecule has 0 aliphatic rings. The van der Waals surface area contributed by atoms with E-state index in [0.717, 1.165) is 16.0 Å². The molecule has 2 heterocycles. The fraction of sp³-hybridized carbons (Fsp3) is 0.100. The van der Waals surface area contributed by atoms with Gasteiger partial charge in [0.2, 0.25) is 11.7 Å². The number of carbonyl (C=O) groups is 1. The van der Waals surface area contributed by atoms with Gasteiger partial charge in [0.25, 0.3) is 0 Å². The molecule has 2 aromatic carbocycles. The lowest BCUT2D eigenvalue weighted by Crippen LogP contribution is -2.32. The molecule has 0 fully saturated rings. The number of amides is 1. The number of halogens is 1. The number of hydrogen-bond donors (Lipinski definition) is 1. The van der Waals surface area contributed by atoms with Crippen LogP contribution in [0.15, 0.2) is 72.1 Å². The van der Waals surface area contributed by atoms with Crippen LogP contribution in [0.3, 0.4) is 0 Å². The zero-order chi connectivity index (χ0) is 19.3. The van der Waals surface area contributed by atoms with Gasteiger partial charge in [-0.25, -0.2) is 4.39 Å². The Balaban J connectivity index is 1.49. The molecule has 1 N–H and O–H groups in total. The van der Waals surface area contributed by atoms with Gasteiger partial charge < -0.3 is 5.32 Å². The molecule has 8 heteroatoms. The van der Waals surface area contributed by atoms with Crippen LogP contribution < -0.4 is 5.32 Å². The van der Waals surface area contributed by atoms with Crippen LogP contribution in [0, 0.1) is 5.82 Å². The molecule has 4 aromatic rings. The molecule has 140 valence electrons. The summed E-state index contributed by atoms with van der Waals surface area (Å²) in [7, 11) is 0. The zero-order valence-corrected chi connectivity index (χ0v) is 15.5. The number of tetrazole rings is 1. The maximum absolute atomic E-state index is 13.3. The average Bonchev–Trinajstić information content (AvgIpc) is 3.40. The summed E-state index contributed by atoms with van der Waals surface area (Å²) in [5.41, 5.74) is 1.63. The Bertz CT molecular complexity index is 1050. The van der Waals surface area contributed by atoms with E-state index in [-0.39, 0.29) is 24.3 Å². The molecule has 0 radical (unpaired) electrons. The Morgan fingerprint density at radius 2 is 1.86 bits per heavy atom. The quantitative estimate of drug-likeness (QED) is 0.545. The highest BCUT2D eigenvalue weighted by Gasteiger charge is 2.19. The van der Waals surface area contributed by atoms with Gasteiger partial charge in [-0.15, -0.1) is 21.5 Å². The first-order valence-electron chi connectivity index (χ1n) is 8.60. The Morgan fingerprint density at radius 1 is 1.07 bits per heavy atom. The number of nitrogens with one attached hydrogen (secondary N) is 1. The first-order valence-corrected chi connectivity index (χ1v) is 9.48. The molecule has 0 saturated carbocycles. The molecule has 0 spiro atoms. The van der Waals surface area contributed by atoms with Crippen molar-refractivity contribution in [2.45, 2.75) is 12.6 Å². The van der Waals surface area contributed by atoms with Gasteiger partial charge in [-0.3, -0.25) is 4.79 Å². The van der Waals surface area contributed by atoms with E-state index in [1.165, 1.54) is 28.3 Å². The lowest BCUT2D eigenvalue weighted by atomic mass is 10.1. The van der Waals surface area contributed by atoms with E-state index < -0.39 is 0 Å². The van der Waals surface area contributed by atoms with E-state index in [4.69, 9.17) is 0 Å². The first kappa shape index (κ1) is 18.0. The van der Waals surface area contributed by atoms with E-state index in [9.17, 15) is 9.18 Å². The van der Waals surface area contributed by atoms with Gasteiger partial charge in [0.05, 0.1) is 6.04 Å². The number of rotatable bonds is 6. The second-order valence-corrected chi connectivity index (χ2v) is 7.06. The fourth-order valence-electron chi connectivity index (χ4n) is 2.78. The zero-order valence-electron chi connectivity index (χ0n) is 14.7. The molecule has 4 rings (SSSR count). The third-order valence-corrected chi connectivity index (χ3v) is 5.04. The normalized spacial score (nSPS) is 11.9. The van der Waals surface area contributed by atoms with Crippen molar-refractivity contribution < 1.29 is 9.18 Å². The second-order valence-electron chi connectivity index (χ2n) is 6.08. The summed E-state index contributed by atoms with van der Waals surface area (Å²) in [5.74, 6) is -0.123. The third-order valence-electron chi connectivity index (χ3n) is 4.11. The van der Waals surface area contributed by atoms with Crippen LogP contribution in [-0.4, -0.2) is 26.1 Å². The van der Waals surface area contributed by atoms with E-state index >= 15 is 0 Å². The number of nitrogens with zero attached hydrogens (tertiary/aromatic N) is 4. The molecule has 0 saturated heterocycles. The summed E-state index contributed by atoms with van der Waals surface area (Å²) < 4.78 is 13.3. The lowest BCUT2D eigenvalue weighted by Gasteiger charge is -2.18. The molecule has 2 aromatic heterocycles. The van der Waals surface area contributed by atoms with Gasteiger partial charge in [0.15, 0.2) is 0 Å². The van der Waals surface area contributed by atoms with Crippen molar-refractivity contribution in [2.24, 2.45) is 0 Å². The van der Waals surface area contributed by atoms with E-state index in [1.807, 2.05) is 47.8 Å². The highest BCUT2D eigenvalue weighted by atomic mass is 32.1. The monoisotopic (exact) mass is 393 g/mol. The summed E-state index contributed by atoms with van der Waals surface area (Å²) >= 11 is 1.52. The number of thiophene rings is 1. The van der Waals surface area contributed by atoms with Crippen LogP contribution >= 0.6 is 11.3 Å². The average molecular weight is 393 g/mol. The molecule has 0 aliphatic carbocycles. The van der Waals surface area contributed by atoms with Crippen molar-refractivity contribution >= 4 is 17.2 Å². The molecule has 0 bridgehead atoms. The Labute approximate surface area is 164 Å². The summed E-state index contributed by atoms with van der Waals surface area (Å²) in [4.78, 5) is 14.8. The van der Waals surface area contributed by atoms with Crippen LogP contribution in [0.5, 0.6) is 0 Å². The van der Waals surface area contributed by atoms with Crippen molar-refractivity contribution in [1.29, 1.82) is 0 Å². The predicted octanol–water partition coefficient (Wildman–Crippen LogP) is 3.45. The van der Waals surface area contributed by atoms with Crippen LogP contribution in [-0.2, 0) is 11.3 Å². The lowest BCUT2D eigenvalue weighted by molar-refractivity contribution is -0.122. The molecule has 28 heavy (non-hydrogen) atoms. The molecule has 1 amide bonds. The minimum absolute atomic E-state index is 0.0666. The smallest absolute Gasteiger partial charge is 0.244 e. The minimum Gasteiger partial charge on any atom is -0.343 e. The topological polar surface area (TPSA) is 72.7 Å². The van der Waals surface area contributed by atoms with Gasteiger partial charge in [-0.1, -0.05) is 48.5 Å². The van der Waals surface area contributed by atoms with Crippen molar-refractivity contribution in [3.63, 3.8) is 0 Å². The highest BCUT2D eigenvalue weighted by molar-refractivity contribution is 7.10. The fourth-order valence-corrected chi connectivity index (χ4v) is 3.58. The Kier molecular flexibility index (Phi) is 5.20. The molecular formula is C20H16FN5OS. The molecule has 0 unspecified atom stereocenters. The number of hydrogen-bond acceptors (Lipinski definition) is 5. The van der Waals surface area contributed by atoms with Gasteiger partial charge in [-0.05, 0) is 34.4 Å². The summed E-state index contributed by atoms with van der Waals surface area (Å²) in [5, 5.41) is 17.1. The number of benzene rings is 2. The van der Waals surface area contributed by atoms with E-state index in [0.29, 0.717) is 5.82 Å². The molecule has 0 aliphatic heterocycles. The molecule has 6 nitrogen and oxygen atoms in total.